The van der Waals surface area contributed by atoms with E-state index in [0.29, 0.717) is 16.7 Å². The SMILES string of the molecule is COC(=O)C[C@@H](c1ccccc1)c1c(O)ccc2c(=O)c(-c3ccc(O)cc3)coc12. The molecule has 6 heteroatoms. The van der Waals surface area contributed by atoms with Gasteiger partial charge in [-0.1, -0.05) is 42.5 Å². The van der Waals surface area contributed by atoms with E-state index in [1.807, 2.05) is 30.3 Å². The summed E-state index contributed by atoms with van der Waals surface area (Å²) >= 11 is 0. The summed E-state index contributed by atoms with van der Waals surface area (Å²) in [4.78, 5) is 25.4. The lowest BCUT2D eigenvalue weighted by Crippen LogP contribution is -2.12. The summed E-state index contributed by atoms with van der Waals surface area (Å²) in [6.45, 7) is 0. The zero-order valence-corrected chi connectivity index (χ0v) is 16.7. The molecule has 1 heterocycles. The second-order valence-corrected chi connectivity index (χ2v) is 7.14. The molecule has 2 N–H and O–H groups in total. The summed E-state index contributed by atoms with van der Waals surface area (Å²) in [6.07, 6.45) is 1.30. The van der Waals surface area contributed by atoms with Gasteiger partial charge in [-0.25, -0.2) is 0 Å². The average Bonchev–Trinajstić information content (AvgIpc) is 2.79. The van der Waals surface area contributed by atoms with Crippen LogP contribution in [0, 0.1) is 0 Å². The van der Waals surface area contributed by atoms with Gasteiger partial charge in [0, 0.05) is 11.5 Å². The van der Waals surface area contributed by atoms with E-state index in [1.165, 1.54) is 37.6 Å². The van der Waals surface area contributed by atoms with E-state index in [9.17, 15) is 19.8 Å². The Balaban J connectivity index is 1.93. The smallest absolute Gasteiger partial charge is 0.306 e. The van der Waals surface area contributed by atoms with Crippen LogP contribution in [-0.4, -0.2) is 23.3 Å². The van der Waals surface area contributed by atoms with Crippen LogP contribution in [-0.2, 0) is 9.53 Å². The maximum atomic E-state index is 13.2. The van der Waals surface area contributed by atoms with E-state index in [-0.39, 0.29) is 34.3 Å². The van der Waals surface area contributed by atoms with E-state index in [4.69, 9.17) is 9.15 Å². The van der Waals surface area contributed by atoms with Crippen molar-refractivity contribution < 1.29 is 24.2 Å². The predicted octanol–water partition coefficient (Wildman–Crippen LogP) is 4.57. The number of aromatic hydroxyl groups is 2. The number of hydrogen-bond acceptors (Lipinski definition) is 6. The average molecular weight is 416 g/mol. The standard InChI is InChI=1S/C25H20O6/c1-30-22(28)13-19(15-5-3-2-4-6-15)23-21(27)12-11-18-24(29)20(14-31-25(18)23)16-7-9-17(26)10-8-16/h2-12,14,19,26-27H,13H2,1H3/t19-/m0/s1. The first-order chi connectivity index (χ1) is 15.0. The molecule has 6 nitrogen and oxygen atoms in total. The fourth-order valence-electron chi connectivity index (χ4n) is 3.71. The lowest BCUT2D eigenvalue weighted by Gasteiger charge is -2.19. The minimum Gasteiger partial charge on any atom is -0.508 e. The Labute approximate surface area is 178 Å². The third-order valence-electron chi connectivity index (χ3n) is 5.28. The molecule has 0 fully saturated rings. The Morgan fingerprint density at radius 3 is 2.39 bits per heavy atom. The topological polar surface area (TPSA) is 97.0 Å². The second-order valence-electron chi connectivity index (χ2n) is 7.14. The van der Waals surface area contributed by atoms with Gasteiger partial charge in [0.05, 0.1) is 24.5 Å². The monoisotopic (exact) mass is 416 g/mol. The van der Waals surface area contributed by atoms with Crippen molar-refractivity contribution in [2.45, 2.75) is 12.3 Å². The van der Waals surface area contributed by atoms with Crippen LogP contribution >= 0.6 is 0 Å². The molecule has 0 aliphatic rings. The van der Waals surface area contributed by atoms with Crippen LogP contribution < -0.4 is 5.43 Å². The van der Waals surface area contributed by atoms with Crippen molar-refractivity contribution in [1.29, 1.82) is 0 Å². The van der Waals surface area contributed by atoms with Gasteiger partial charge in [-0.15, -0.1) is 0 Å². The highest BCUT2D eigenvalue weighted by Gasteiger charge is 2.26. The highest BCUT2D eigenvalue weighted by molar-refractivity contribution is 5.87. The Bertz CT molecular complexity index is 1290. The number of rotatable bonds is 5. The van der Waals surface area contributed by atoms with Gasteiger partial charge in [0.1, 0.15) is 23.3 Å². The summed E-state index contributed by atoms with van der Waals surface area (Å²) < 4.78 is 10.7. The lowest BCUT2D eigenvalue weighted by atomic mass is 9.86. The molecule has 1 atom stereocenters. The zero-order chi connectivity index (χ0) is 22.0. The van der Waals surface area contributed by atoms with Gasteiger partial charge in [0.15, 0.2) is 0 Å². The van der Waals surface area contributed by atoms with Gasteiger partial charge in [-0.05, 0) is 35.4 Å². The first kappa shape index (κ1) is 20.2. The number of fused-ring (bicyclic) bond motifs is 1. The predicted molar refractivity (Wildman–Crippen MR) is 116 cm³/mol. The second kappa shape index (κ2) is 8.36. The first-order valence-corrected chi connectivity index (χ1v) is 9.68. The molecular weight excluding hydrogens is 396 g/mol. The molecule has 0 radical (unpaired) electrons. The molecule has 4 aromatic rings. The molecule has 0 aliphatic heterocycles. The molecule has 0 amide bonds. The molecule has 0 saturated heterocycles. The normalized spacial score (nSPS) is 11.9. The fourth-order valence-corrected chi connectivity index (χ4v) is 3.71. The van der Waals surface area contributed by atoms with Crippen LogP contribution in [0.15, 0.2) is 82.2 Å². The van der Waals surface area contributed by atoms with Crippen LogP contribution in [0.1, 0.15) is 23.5 Å². The molecule has 156 valence electrons. The highest BCUT2D eigenvalue weighted by Crippen LogP contribution is 2.39. The van der Waals surface area contributed by atoms with Crippen molar-refractivity contribution in [3.63, 3.8) is 0 Å². The molecule has 1 aromatic heterocycles. The molecule has 0 spiro atoms. The quantitative estimate of drug-likeness (QED) is 0.463. The Morgan fingerprint density at radius 1 is 1.00 bits per heavy atom. The van der Waals surface area contributed by atoms with E-state index in [2.05, 4.69) is 0 Å². The molecule has 3 aromatic carbocycles. The van der Waals surface area contributed by atoms with Gasteiger partial charge in [-0.2, -0.15) is 0 Å². The van der Waals surface area contributed by atoms with Crippen molar-refractivity contribution in [2.24, 2.45) is 0 Å². The third-order valence-corrected chi connectivity index (χ3v) is 5.28. The van der Waals surface area contributed by atoms with E-state index in [1.54, 1.807) is 12.1 Å². The molecule has 0 aliphatic carbocycles. The largest absolute Gasteiger partial charge is 0.508 e. The molecule has 0 bridgehead atoms. The van der Waals surface area contributed by atoms with Crippen LogP contribution in [0.2, 0.25) is 0 Å². The molecule has 0 saturated carbocycles. The fraction of sp³-hybridized carbons (Fsp3) is 0.120. The summed E-state index contributed by atoms with van der Waals surface area (Å²) in [5.74, 6) is -1.01. The zero-order valence-electron chi connectivity index (χ0n) is 16.7. The Morgan fingerprint density at radius 2 is 1.71 bits per heavy atom. The minimum atomic E-state index is -0.569. The number of phenolic OH excluding ortho intramolecular Hbond substituents is 2. The molecule has 4 rings (SSSR count). The molecule has 0 unspecified atom stereocenters. The third kappa shape index (κ3) is 3.88. The van der Waals surface area contributed by atoms with Crippen molar-refractivity contribution >= 4 is 16.9 Å². The van der Waals surface area contributed by atoms with Gasteiger partial charge in [0.2, 0.25) is 5.43 Å². The number of carbonyl (C=O) groups is 1. The van der Waals surface area contributed by atoms with Crippen molar-refractivity contribution in [3.05, 3.63) is 94.3 Å². The van der Waals surface area contributed by atoms with Crippen LogP contribution in [0.4, 0.5) is 0 Å². The van der Waals surface area contributed by atoms with E-state index in [0.717, 1.165) is 5.56 Å². The molecule has 31 heavy (non-hydrogen) atoms. The van der Waals surface area contributed by atoms with Crippen LogP contribution in [0.5, 0.6) is 11.5 Å². The summed E-state index contributed by atoms with van der Waals surface area (Å²) in [5.41, 5.74) is 1.98. The number of phenols is 2. The molecular formula is C25H20O6. The van der Waals surface area contributed by atoms with Crippen molar-refractivity contribution in [1.82, 2.24) is 0 Å². The summed E-state index contributed by atoms with van der Waals surface area (Å²) in [5, 5.41) is 20.5. The van der Waals surface area contributed by atoms with Crippen molar-refractivity contribution in [2.75, 3.05) is 7.11 Å². The van der Waals surface area contributed by atoms with Gasteiger partial charge in [0.25, 0.3) is 0 Å². The number of carbonyl (C=O) groups excluding carboxylic acids is 1. The van der Waals surface area contributed by atoms with Crippen LogP contribution in [0.25, 0.3) is 22.1 Å². The summed E-state index contributed by atoms with van der Waals surface area (Å²) in [7, 11) is 1.30. The number of ether oxygens (including phenoxy) is 1. The van der Waals surface area contributed by atoms with Gasteiger partial charge < -0.3 is 19.4 Å². The highest BCUT2D eigenvalue weighted by atomic mass is 16.5. The van der Waals surface area contributed by atoms with E-state index >= 15 is 0 Å². The van der Waals surface area contributed by atoms with Crippen molar-refractivity contribution in [3.8, 4) is 22.6 Å². The lowest BCUT2D eigenvalue weighted by molar-refractivity contribution is -0.140. The number of hydrogen-bond donors (Lipinski definition) is 2. The number of esters is 1. The Kier molecular flexibility index (Phi) is 5.45. The van der Waals surface area contributed by atoms with Gasteiger partial charge >= 0.3 is 5.97 Å². The first-order valence-electron chi connectivity index (χ1n) is 9.68. The van der Waals surface area contributed by atoms with Gasteiger partial charge in [-0.3, -0.25) is 9.59 Å². The van der Waals surface area contributed by atoms with E-state index < -0.39 is 11.9 Å². The Hall–Kier alpha value is -4.06. The minimum absolute atomic E-state index is 0.0311. The van der Waals surface area contributed by atoms with Crippen LogP contribution in [0.3, 0.4) is 0 Å². The number of methoxy groups -OCH3 is 1. The maximum absolute atomic E-state index is 13.2. The summed E-state index contributed by atoms with van der Waals surface area (Å²) in [6, 6.07) is 18.4. The number of benzene rings is 3. The maximum Gasteiger partial charge on any atom is 0.306 e.